The number of carbonyl (C=O) groups excluding carboxylic acids is 1. The van der Waals surface area contributed by atoms with E-state index in [0.717, 1.165) is 44.5 Å². The largest absolute Gasteiger partial charge is 0.416 e. The number of nitrogens with zero attached hydrogens (tertiary/aromatic N) is 1. The van der Waals surface area contributed by atoms with E-state index in [-0.39, 0.29) is 49.4 Å². The van der Waals surface area contributed by atoms with Gasteiger partial charge in [0.15, 0.2) is 0 Å². The molecule has 1 amide bonds. The predicted molar refractivity (Wildman–Crippen MR) is 94.3 cm³/mol. The zero-order valence-corrected chi connectivity index (χ0v) is 14.7. The predicted octanol–water partition coefficient (Wildman–Crippen LogP) is 3.83. The maximum atomic E-state index is 12.9. The van der Waals surface area contributed by atoms with Gasteiger partial charge in [-0.05, 0) is 37.5 Å². The Morgan fingerprint density at radius 1 is 1.17 bits per heavy atom. The highest BCUT2D eigenvalue weighted by molar-refractivity contribution is 5.94. The van der Waals surface area contributed by atoms with Gasteiger partial charge >= 0.3 is 6.18 Å². The van der Waals surface area contributed by atoms with E-state index in [4.69, 9.17) is 5.73 Å². The van der Waals surface area contributed by atoms with Gasteiger partial charge in [-0.1, -0.05) is 0 Å². The quantitative estimate of drug-likeness (QED) is 0.825. The molecule has 0 spiro atoms. The van der Waals surface area contributed by atoms with Crippen LogP contribution in [0.1, 0.15) is 31.2 Å². The highest BCUT2D eigenvalue weighted by atomic mass is 35.5. The third-order valence-electron chi connectivity index (χ3n) is 3.67. The Kier molecular flexibility index (Phi) is 9.47. The topological polar surface area (TPSA) is 58.4 Å². The van der Waals surface area contributed by atoms with Crippen molar-refractivity contribution in [2.45, 2.75) is 31.9 Å². The molecule has 0 aromatic heterocycles. The summed E-state index contributed by atoms with van der Waals surface area (Å²) in [5.74, 6) is -0.375. The third kappa shape index (κ3) is 6.03. The summed E-state index contributed by atoms with van der Waals surface area (Å²) in [5, 5.41) is 2.56. The summed E-state index contributed by atoms with van der Waals surface area (Å²) in [5.41, 5.74) is 5.39. The van der Waals surface area contributed by atoms with E-state index >= 15 is 0 Å². The summed E-state index contributed by atoms with van der Waals surface area (Å²) in [7, 11) is 0. The summed E-state index contributed by atoms with van der Waals surface area (Å²) < 4.78 is 38.6. The van der Waals surface area contributed by atoms with E-state index in [2.05, 4.69) is 5.32 Å². The highest BCUT2D eigenvalue weighted by Crippen LogP contribution is 2.36. The number of hydrogen-bond donors (Lipinski definition) is 2. The molecule has 24 heavy (non-hydrogen) atoms. The van der Waals surface area contributed by atoms with Gasteiger partial charge < -0.3 is 16.0 Å². The number of nitrogens with one attached hydrogen (secondary N) is 1. The lowest BCUT2D eigenvalue weighted by Crippen LogP contribution is -2.30. The molecule has 1 heterocycles. The maximum Gasteiger partial charge on any atom is 0.416 e. The van der Waals surface area contributed by atoms with Gasteiger partial charge in [-0.3, -0.25) is 4.79 Å². The number of amides is 1. The van der Waals surface area contributed by atoms with Crippen molar-refractivity contribution in [2.75, 3.05) is 29.9 Å². The molecule has 0 atom stereocenters. The molecule has 0 radical (unpaired) electrons. The van der Waals surface area contributed by atoms with E-state index < -0.39 is 11.7 Å². The van der Waals surface area contributed by atoms with Crippen LogP contribution in [-0.4, -0.2) is 25.5 Å². The minimum atomic E-state index is -4.44. The van der Waals surface area contributed by atoms with Crippen LogP contribution < -0.4 is 16.0 Å². The fraction of sp³-hybridized carbons (Fsp3) is 0.533. The highest BCUT2D eigenvalue weighted by Gasteiger charge is 2.31. The molecule has 1 fully saturated rings. The van der Waals surface area contributed by atoms with Crippen molar-refractivity contribution in [1.82, 2.24) is 0 Å². The van der Waals surface area contributed by atoms with E-state index in [1.807, 2.05) is 4.90 Å². The number of piperidine rings is 1. The standard InChI is InChI=1S/C15H20F3N3O.2ClH/c16-15(17,18)11-4-5-13(21-8-2-1-3-9-21)12(10-11)20-14(22)6-7-19;;/h4-5,10H,1-3,6-9,19H2,(H,20,22);2*1H. The van der Waals surface area contributed by atoms with Crippen molar-refractivity contribution in [3.05, 3.63) is 23.8 Å². The van der Waals surface area contributed by atoms with Gasteiger partial charge in [-0.25, -0.2) is 0 Å². The van der Waals surface area contributed by atoms with Gasteiger partial charge in [0, 0.05) is 26.1 Å². The first kappa shape index (κ1) is 22.8. The molecule has 4 nitrogen and oxygen atoms in total. The second kappa shape index (κ2) is 9.96. The Morgan fingerprint density at radius 3 is 2.33 bits per heavy atom. The molecule has 3 N–H and O–H groups in total. The first-order valence-electron chi connectivity index (χ1n) is 7.38. The Labute approximate surface area is 151 Å². The lowest BCUT2D eigenvalue weighted by atomic mass is 10.1. The van der Waals surface area contributed by atoms with E-state index in [1.165, 1.54) is 6.07 Å². The number of benzene rings is 1. The van der Waals surface area contributed by atoms with Crippen molar-refractivity contribution < 1.29 is 18.0 Å². The number of anilines is 2. The van der Waals surface area contributed by atoms with Crippen LogP contribution in [0.4, 0.5) is 24.5 Å². The zero-order chi connectivity index (χ0) is 16.2. The van der Waals surface area contributed by atoms with Gasteiger partial charge in [-0.15, -0.1) is 24.8 Å². The molecular weight excluding hydrogens is 366 g/mol. The molecule has 1 aromatic rings. The summed E-state index contributed by atoms with van der Waals surface area (Å²) in [6.07, 6.45) is -1.25. The Bertz CT molecular complexity index is 535. The van der Waals surface area contributed by atoms with Crippen molar-refractivity contribution in [3.63, 3.8) is 0 Å². The van der Waals surface area contributed by atoms with Crippen molar-refractivity contribution in [2.24, 2.45) is 5.73 Å². The fourth-order valence-electron chi connectivity index (χ4n) is 2.57. The van der Waals surface area contributed by atoms with Crippen LogP contribution >= 0.6 is 24.8 Å². The number of nitrogens with two attached hydrogens (primary N) is 1. The average Bonchev–Trinajstić information content (AvgIpc) is 2.47. The average molecular weight is 388 g/mol. The molecule has 1 aliphatic heterocycles. The van der Waals surface area contributed by atoms with Crippen LogP contribution in [0.15, 0.2) is 18.2 Å². The second-order valence-electron chi connectivity index (χ2n) is 5.36. The minimum Gasteiger partial charge on any atom is -0.370 e. The molecule has 1 aromatic carbocycles. The summed E-state index contributed by atoms with van der Waals surface area (Å²) in [4.78, 5) is 13.7. The summed E-state index contributed by atoms with van der Waals surface area (Å²) >= 11 is 0. The molecule has 0 bridgehead atoms. The van der Waals surface area contributed by atoms with Crippen LogP contribution in [0, 0.1) is 0 Å². The normalized spacial score (nSPS) is 14.4. The second-order valence-corrected chi connectivity index (χ2v) is 5.36. The monoisotopic (exact) mass is 387 g/mol. The first-order chi connectivity index (χ1) is 10.4. The lowest BCUT2D eigenvalue weighted by molar-refractivity contribution is -0.137. The minimum absolute atomic E-state index is 0. The third-order valence-corrected chi connectivity index (χ3v) is 3.67. The van der Waals surface area contributed by atoms with Gasteiger partial charge in [-0.2, -0.15) is 13.2 Å². The lowest BCUT2D eigenvalue weighted by Gasteiger charge is -2.31. The van der Waals surface area contributed by atoms with Crippen molar-refractivity contribution in [3.8, 4) is 0 Å². The van der Waals surface area contributed by atoms with Gasteiger partial charge in [0.25, 0.3) is 0 Å². The van der Waals surface area contributed by atoms with Gasteiger partial charge in [0.05, 0.1) is 16.9 Å². The Morgan fingerprint density at radius 2 is 1.79 bits per heavy atom. The van der Waals surface area contributed by atoms with Gasteiger partial charge in [0.1, 0.15) is 0 Å². The fourth-order valence-corrected chi connectivity index (χ4v) is 2.57. The van der Waals surface area contributed by atoms with Crippen LogP contribution in [0.25, 0.3) is 0 Å². The number of alkyl halides is 3. The van der Waals surface area contributed by atoms with Crippen LogP contribution in [0.2, 0.25) is 0 Å². The molecular formula is C15H22Cl2F3N3O. The Balaban J connectivity index is 0.00000264. The molecule has 0 saturated carbocycles. The number of halogens is 5. The molecule has 138 valence electrons. The van der Waals surface area contributed by atoms with Crippen LogP contribution in [-0.2, 0) is 11.0 Å². The molecule has 0 unspecified atom stereocenters. The maximum absolute atomic E-state index is 12.9. The molecule has 2 rings (SSSR count). The molecule has 1 saturated heterocycles. The van der Waals surface area contributed by atoms with Gasteiger partial charge in [0.2, 0.25) is 5.91 Å². The summed E-state index contributed by atoms with van der Waals surface area (Å²) in [6, 6.07) is 3.49. The number of hydrogen-bond acceptors (Lipinski definition) is 3. The van der Waals surface area contributed by atoms with E-state index in [9.17, 15) is 18.0 Å². The first-order valence-corrected chi connectivity index (χ1v) is 7.38. The molecule has 9 heteroatoms. The van der Waals surface area contributed by atoms with Crippen molar-refractivity contribution >= 4 is 42.1 Å². The SMILES string of the molecule is Cl.Cl.NCCC(=O)Nc1cc(C(F)(F)F)ccc1N1CCCCC1. The smallest absolute Gasteiger partial charge is 0.370 e. The van der Waals surface area contributed by atoms with E-state index in [1.54, 1.807) is 0 Å². The van der Waals surface area contributed by atoms with Crippen LogP contribution in [0.5, 0.6) is 0 Å². The molecule has 1 aliphatic rings. The number of carbonyl (C=O) groups is 1. The van der Waals surface area contributed by atoms with E-state index in [0.29, 0.717) is 5.69 Å². The number of rotatable bonds is 4. The van der Waals surface area contributed by atoms with Crippen LogP contribution in [0.3, 0.4) is 0 Å². The Hall–Kier alpha value is -1.18. The van der Waals surface area contributed by atoms with Crippen molar-refractivity contribution in [1.29, 1.82) is 0 Å². The summed E-state index contributed by atoms with van der Waals surface area (Å²) in [6.45, 7) is 1.72. The zero-order valence-electron chi connectivity index (χ0n) is 13.1. The molecule has 0 aliphatic carbocycles.